The molecule has 5 fully saturated rings. The quantitative estimate of drug-likeness (QED) is 0.549. The topological polar surface area (TPSA) is 0 Å². The third kappa shape index (κ3) is 0.840. The van der Waals surface area contributed by atoms with E-state index in [1.165, 1.54) is 0 Å². The Morgan fingerprint density at radius 1 is 0.400 bits per heavy atom. The molecule has 0 amide bonds. The molecule has 15 heavy (non-hydrogen) atoms. The highest BCUT2D eigenvalue weighted by Gasteiger charge is 2.72. The third-order valence-electron chi connectivity index (χ3n) is 6.87. The van der Waals surface area contributed by atoms with Crippen molar-refractivity contribution in [3.8, 4) is 0 Å². The van der Waals surface area contributed by atoms with Crippen molar-refractivity contribution in [1.82, 2.24) is 0 Å². The molecule has 0 heterocycles. The van der Waals surface area contributed by atoms with E-state index in [2.05, 4.69) is 0 Å². The maximum absolute atomic E-state index is 1.66. The predicted molar refractivity (Wildman–Crippen MR) is 60.5 cm³/mol. The van der Waals surface area contributed by atoms with Crippen LogP contribution in [-0.4, -0.2) is 0 Å². The zero-order chi connectivity index (χ0) is 9.78. The summed E-state index contributed by atoms with van der Waals surface area (Å²) in [6.07, 6.45) is 17.8. The summed E-state index contributed by atoms with van der Waals surface area (Å²) in [6, 6.07) is 0. The van der Waals surface area contributed by atoms with Gasteiger partial charge in [0.15, 0.2) is 0 Å². The van der Waals surface area contributed by atoms with E-state index in [-0.39, 0.29) is 0 Å². The maximum Gasteiger partial charge on any atom is -0.0276 e. The van der Waals surface area contributed by atoms with Gasteiger partial charge in [0, 0.05) is 0 Å². The third-order valence-corrected chi connectivity index (χ3v) is 6.87. The van der Waals surface area contributed by atoms with Crippen LogP contribution in [-0.2, 0) is 0 Å². The summed E-state index contributed by atoms with van der Waals surface area (Å²) in [7, 11) is 0. The zero-order valence-electron chi connectivity index (χ0n) is 9.78. The van der Waals surface area contributed by atoms with Gasteiger partial charge < -0.3 is 0 Å². The lowest BCUT2D eigenvalue weighted by Crippen LogP contribution is -2.63. The van der Waals surface area contributed by atoms with Gasteiger partial charge in [0.2, 0.25) is 0 Å². The molecule has 0 aliphatic heterocycles. The Morgan fingerprint density at radius 3 is 1.13 bits per heavy atom. The summed E-state index contributed by atoms with van der Waals surface area (Å²) in [5, 5.41) is 0. The molecule has 0 unspecified atom stereocenters. The first-order valence-electron chi connectivity index (χ1n) is 7.16. The van der Waals surface area contributed by atoms with Gasteiger partial charge in [-0.3, -0.25) is 0 Å². The molecule has 0 N–H and O–H groups in total. The van der Waals surface area contributed by atoms with Crippen molar-refractivity contribution in [3.05, 3.63) is 0 Å². The predicted octanol–water partition coefficient (Wildman–Crippen LogP) is 4.29. The Hall–Kier alpha value is 0. The lowest BCUT2D eigenvalue weighted by molar-refractivity contribution is -0.234. The molecule has 0 nitrogen and oxygen atoms in total. The Kier molecular flexibility index (Phi) is 1.05. The van der Waals surface area contributed by atoms with E-state index in [0.29, 0.717) is 0 Å². The first kappa shape index (κ1) is 8.14. The van der Waals surface area contributed by atoms with E-state index in [9.17, 15) is 0 Å². The van der Waals surface area contributed by atoms with Crippen LogP contribution in [0.2, 0.25) is 0 Å². The van der Waals surface area contributed by atoms with Crippen molar-refractivity contribution < 1.29 is 0 Å². The van der Waals surface area contributed by atoms with Crippen LogP contribution < -0.4 is 0 Å². The van der Waals surface area contributed by atoms with Crippen molar-refractivity contribution in [2.24, 2.45) is 21.7 Å². The second kappa shape index (κ2) is 1.93. The van der Waals surface area contributed by atoms with E-state index >= 15 is 0 Å². The Labute approximate surface area is 92.8 Å². The normalized spacial score (nSPS) is 43.2. The largest absolute Gasteiger partial charge is 0.0522 e. The van der Waals surface area contributed by atoms with E-state index in [0.717, 1.165) is 21.7 Å². The van der Waals surface area contributed by atoms with Crippen molar-refractivity contribution in [2.75, 3.05) is 0 Å². The standard InChI is InChI=1S/C15H22/c1-2-12(3-1)6-14(7-12)10-15(11-14)8-13(9-15)4-5-13/h1-11H2. The summed E-state index contributed by atoms with van der Waals surface area (Å²) >= 11 is 0. The van der Waals surface area contributed by atoms with Crippen LogP contribution in [0.5, 0.6) is 0 Å². The van der Waals surface area contributed by atoms with Gasteiger partial charge in [-0.25, -0.2) is 0 Å². The van der Waals surface area contributed by atoms with Gasteiger partial charge in [-0.05, 0) is 85.9 Å². The van der Waals surface area contributed by atoms with Crippen LogP contribution >= 0.6 is 0 Å². The van der Waals surface area contributed by atoms with Crippen LogP contribution in [0.4, 0.5) is 0 Å². The molecular formula is C15H22. The average Bonchev–Trinajstić information content (AvgIpc) is 2.66. The fraction of sp³-hybridized carbons (Fsp3) is 1.00. The fourth-order valence-corrected chi connectivity index (χ4v) is 6.68. The van der Waals surface area contributed by atoms with Crippen molar-refractivity contribution in [2.45, 2.75) is 70.6 Å². The smallest absolute Gasteiger partial charge is 0.0276 e. The monoisotopic (exact) mass is 202 g/mol. The van der Waals surface area contributed by atoms with E-state index < -0.39 is 0 Å². The van der Waals surface area contributed by atoms with Gasteiger partial charge in [0.1, 0.15) is 0 Å². The summed E-state index contributed by atoms with van der Waals surface area (Å²) in [4.78, 5) is 0. The maximum atomic E-state index is 1.66. The minimum Gasteiger partial charge on any atom is -0.0522 e. The summed E-state index contributed by atoms with van der Waals surface area (Å²) in [6.45, 7) is 0. The lowest BCUT2D eigenvalue weighted by atomic mass is 9.31. The van der Waals surface area contributed by atoms with E-state index in [1.54, 1.807) is 70.6 Å². The lowest BCUT2D eigenvalue weighted by Gasteiger charge is -2.74. The first-order chi connectivity index (χ1) is 7.16. The van der Waals surface area contributed by atoms with Gasteiger partial charge in [-0.1, -0.05) is 6.42 Å². The second-order valence-corrected chi connectivity index (χ2v) is 8.41. The average molecular weight is 202 g/mol. The molecule has 0 saturated heterocycles. The fourth-order valence-electron chi connectivity index (χ4n) is 6.68. The van der Waals surface area contributed by atoms with Gasteiger partial charge in [-0.15, -0.1) is 0 Å². The second-order valence-electron chi connectivity index (χ2n) is 8.41. The van der Waals surface area contributed by atoms with Crippen molar-refractivity contribution in [3.63, 3.8) is 0 Å². The van der Waals surface area contributed by atoms with Gasteiger partial charge in [0.05, 0.1) is 0 Å². The summed E-state index contributed by atoms with van der Waals surface area (Å²) in [5.74, 6) is 0. The Bertz CT molecular complexity index is 317. The highest BCUT2D eigenvalue weighted by atomic mass is 14.8. The van der Waals surface area contributed by atoms with Crippen molar-refractivity contribution in [1.29, 1.82) is 0 Å². The van der Waals surface area contributed by atoms with E-state index in [1.807, 2.05) is 0 Å². The van der Waals surface area contributed by atoms with Gasteiger partial charge in [-0.2, -0.15) is 0 Å². The molecule has 0 atom stereocenters. The SMILES string of the molecule is C1CC2(C1)CC1(C2)CC2(CC3(CC3)C2)C1. The highest BCUT2D eigenvalue weighted by Crippen LogP contribution is 2.83. The zero-order valence-corrected chi connectivity index (χ0v) is 9.78. The molecule has 5 aliphatic rings. The van der Waals surface area contributed by atoms with Crippen LogP contribution in [0.25, 0.3) is 0 Å². The van der Waals surface area contributed by atoms with Crippen LogP contribution in [0, 0.1) is 21.7 Å². The molecule has 82 valence electrons. The summed E-state index contributed by atoms with van der Waals surface area (Å²) in [5.41, 5.74) is 3.70. The van der Waals surface area contributed by atoms with Crippen LogP contribution in [0.15, 0.2) is 0 Å². The molecule has 0 radical (unpaired) electrons. The molecule has 0 aromatic rings. The van der Waals surface area contributed by atoms with Gasteiger partial charge in [0.25, 0.3) is 0 Å². The molecule has 5 aliphatic carbocycles. The van der Waals surface area contributed by atoms with E-state index in [4.69, 9.17) is 0 Å². The number of hydrogen-bond acceptors (Lipinski definition) is 0. The first-order valence-corrected chi connectivity index (χ1v) is 7.16. The molecule has 5 saturated carbocycles. The molecule has 5 rings (SSSR count). The number of hydrogen-bond donors (Lipinski definition) is 0. The molecule has 4 spiro atoms. The molecule has 0 heteroatoms. The highest BCUT2D eigenvalue weighted by molar-refractivity contribution is 5.23. The molecule has 0 aromatic heterocycles. The van der Waals surface area contributed by atoms with Gasteiger partial charge >= 0.3 is 0 Å². The minimum absolute atomic E-state index is 0.914. The number of rotatable bonds is 0. The van der Waals surface area contributed by atoms with Crippen molar-refractivity contribution >= 4 is 0 Å². The Balaban J connectivity index is 1.26. The Morgan fingerprint density at radius 2 is 0.800 bits per heavy atom. The summed E-state index contributed by atoms with van der Waals surface area (Å²) < 4.78 is 0. The van der Waals surface area contributed by atoms with Crippen LogP contribution in [0.1, 0.15) is 70.6 Å². The molecule has 0 bridgehead atoms. The minimum atomic E-state index is 0.914. The van der Waals surface area contributed by atoms with Crippen LogP contribution in [0.3, 0.4) is 0 Å². The molecule has 0 aromatic carbocycles. The molecular weight excluding hydrogens is 180 g/mol.